The molecule has 0 aliphatic heterocycles. The van der Waals surface area contributed by atoms with E-state index in [0.717, 1.165) is 38.5 Å². The van der Waals surface area contributed by atoms with Crippen molar-refractivity contribution in [3.05, 3.63) is 23.3 Å². The number of rotatable bonds is 0. The molecule has 0 saturated heterocycles. The van der Waals surface area contributed by atoms with Crippen LogP contribution in [0.15, 0.2) is 23.3 Å². The zero-order valence-electron chi connectivity index (χ0n) is 16.7. The minimum Gasteiger partial charge on any atom is -0.393 e. The highest BCUT2D eigenvalue weighted by Gasteiger charge is 2.60. The van der Waals surface area contributed by atoms with Crippen LogP contribution in [0.1, 0.15) is 73.1 Å². The van der Waals surface area contributed by atoms with E-state index in [1.165, 1.54) is 5.57 Å². The van der Waals surface area contributed by atoms with E-state index in [4.69, 9.17) is 0 Å². The Morgan fingerprint density at radius 2 is 1.80 bits per heavy atom. The van der Waals surface area contributed by atoms with Gasteiger partial charge in [0.1, 0.15) is 0 Å². The molecule has 0 aromatic rings. The summed E-state index contributed by atoms with van der Waals surface area (Å²) < 4.78 is 0. The first kappa shape index (κ1) is 17.8. The Morgan fingerprint density at radius 3 is 2.48 bits per heavy atom. The van der Waals surface area contributed by atoms with E-state index in [9.17, 15) is 10.2 Å². The van der Waals surface area contributed by atoms with Crippen molar-refractivity contribution < 1.29 is 10.2 Å². The third kappa shape index (κ3) is 2.36. The lowest BCUT2D eigenvalue weighted by atomic mass is 9.47. The summed E-state index contributed by atoms with van der Waals surface area (Å²) in [4.78, 5) is 0. The Labute approximate surface area is 153 Å². The first-order valence-corrected chi connectivity index (χ1v) is 10.3. The van der Waals surface area contributed by atoms with Gasteiger partial charge in [0.05, 0.1) is 12.2 Å². The largest absolute Gasteiger partial charge is 0.393 e. The zero-order chi connectivity index (χ0) is 18.2. The van der Waals surface area contributed by atoms with E-state index in [0.29, 0.717) is 17.8 Å². The maximum atomic E-state index is 11.4. The molecule has 0 heterocycles. The molecule has 0 aromatic heterocycles. The van der Waals surface area contributed by atoms with Crippen LogP contribution in [0, 0.1) is 34.0 Å². The summed E-state index contributed by atoms with van der Waals surface area (Å²) in [5.41, 5.74) is 3.35. The van der Waals surface area contributed by atoms with Gasteiger partial charge in [0, 0.05) is 5.41 Å². The Morgan fingerprint density at radius 1 is 1.08 bits per heavy atom. The van der Waals surface area contributed by atoms with Crippen LogP contribution in [-0.4, -0.2) is 22.4 Å². The van der Waals surface area contributed by atoms with Crippen molar-refractivity contribution in [2.45, 2.75) is 85.4 Å². The van der Waals surface area contributed by atoms with Gasteiger partial charge in [-0.05, 0) is 67.1 Å². The van der Waals surface area contributed by atoms with E-state index in [-0.39, 0.29) is 28.5 Å². The van der Waals surface area contributed by atoms with Crippen LogP contribution in [0.2, 0.25) is 0 Å². The van der Waals surface area contributed by atoms with Crippen LogP contribution in [0.25, 0.3) is 0 Å². The second-order valence-electron chi connectivity index (χ2n) is 10.8. The smallest absolute Gasteiger partial charge is 0.0637 e. The van der Waals surface area contributed by atoms with Crippen LogP contribution in [-0.2, 0) is 0 Å². The SMILES string of the molecule is CC(C)(C)C1CC=C2C3CC=C4C[C@@H](O)CC[C@]4(C)C3C[C@@H](O)[C@@]21C. The van der Waals surface area contributed by atoms with Crippen LogP contribution in [0.5, 0.6) is 0 Å². The highest BCUT2D eigenvalue weighted by atomic mass is 16.3. The van der Waals surface area contributed by atoms with Crippen molar-refractivity contribution in [1.29, 1.82) is 0 Å². The lowest BCUT2D eigenvalue weighted by Gasteiger charge is -2.59. The van der Waals surface area contributed by atoms with Crippen LogP contribution in [0.3, 0.4) is 0 Å². The molecular formula is C23H36O2. The van der Waals surface area contributed by atoms with E-state index in [1.54, 1.807) is 5.57 Å². The summed E-state index contributed by atoms with van der Waals surface area (Å²) in [6, 6.07) is 0. The lowest BCUT2D eigenvalue weighted by Crippen LogP contribution is -2.54. The van der Waals surface area contributed by atoms with E-state index in [1.807, 2.05) is 0 Å². The second-order valence-corrected chi connectivity index (χ2v) is 10.8. The highest BCUT2D eigenvalue weighted by molar-refractivity contribution is 5.36. The fourth-order valence-corrected chi connectivity index (χ4v) is 7.23. The van der Waals surface area contributed by atoms with Crippen LogP contribution >= 0.6 is 0 Å². The molecule has 2 heteroatoms. The summed E-state index contributed by atoms with van der Waals surface area (Å²) in [5.74, 6) is 1.65. The molecule has 0 bridgehead atoms. The summed E-state index contributed by atoms with van der Waals surface area (Å²) in [6.45, 7) is 11.8. The average Bonchev–Trinajstić information content (AvgIpc) is 2.88. The third-order valence-electron chi connectivity index (χ3n) is 8.64. The van der Waals surface area contributed by atoms with Crippen molar-refractivity contribution in [3.8, 4) is 0 Å². The fraction of sp³-hybridized carbons (Fsp3) is 0.826. The molecule has 4 aliphatic carbocycles. The first-order chi connectivity index (χ1) is 11.6. The minimum absolute atomic E-state index is 0.0602. The number of fused-ring (bicyclic) bond motifs is 5. The standard InChI is InChI=1S/C23H36O2/c1-21(2,3)19-9-8-17-16-7-6-14-12-15(24)10-11-22(14,4)18(16)13-20(25)23(17,19)5/h6,8,15-16,18-20,24-25H,7,9-13H2,1-5H3/t15-,16?,18?,19?,20+,22-,23-/m0/s1. The molecule has 2 saturated carbocycles. The zero-order valence-corrected chi connectivity index (χ0v) is 16.7. The van der Waals surface area contributed by atoms with Gasteiger partial charge in [-0.15, -0.1) is 0 Å². The number of aliphatic hydroxyl groups is 2. The van der Waals surface area contributed by atoms with Crippen molar-refractivity contribution in [3.63, 3.8) is 0 Å². The van der Waals surface area contributed by atoms with Gasteiger partial charge in [-0.2, -0.15) is 0 Å². The molecule has 2 nitrogen and oxygen atoms in total. The number of aliphatic hydroxyl groups excluding tert-OH is 2. The van der Waals surface area contributed by atoms with E-state index < -0.39 is 0 Å². The van der Waals surface area contributed by atoms with Gasteiger partial charge in [-0.25, -0.2) is 0 Å². The number of hydrogen-bond acceptors (Lipinski definition) is 2. The topological polar surface area (TPSA) is 40.5 Å². The van der Waals surface area contributed by atoms with E-state index in [2.05, 4.69) is 46.8 Å². The molecular weight excluding hydrogens is 308 g/mol. The molecule has 2 N–H and O–H groups in total. The maximum Gasteiger partial charge on any atom is 0.0637 e. The predicted octanol–water partition coefficient (Wildman–Crippen LogP) is 4.86. The molecule has 0 aromatic carbocycles. The molecule has 0 amide bonds. The monoisotopic (exact) mass is 344 g/mol. The highest BCUT2D eigenvalue weighted by Crippen LogP contribution is 2.66. The van der Waals surface area contributed by atoms with Gasteiger partial charge in [0.25, 0.3) is 0 Å². The minimum atomic E-state index is -0.241. The molecule has 4 rings (SSSR count). The molecule has 2 fully saturated rings. The lowest BCUT2D eigenvalue weighted by molar-refractivity contribution is -0.0803. The Hall–Kier alpha value is -0.600. The summed E-state index contributed by atoms with van der Waals surface area (Å²) in [6.07, 6.45) is 10.5. The number of allylic oxidation sites excluding steroid dienone is 2. The van der Waals surface area contributed by atoms with Gasteiger partial charge in [0.15, 0.2) is 0 Å². The summed E-state index contributed by atoms with van der Waals surface area (Å²) in [5, 5.41) is 21.5. The molecule has 0 radical (unpaired) electrons. The molecule has 0 spiro atoms. The normalized spacial score (nSPS) is 49.6. The quantitative estimate of drug-likeness (QED) is 0.616. The van der Waals surface area contributed by atoms with Gasteiger partial charge < -0.3 is 10.2 Å². The Bertz CT molecular complexity index is 624. The first-order valence-electron chi connectivity index (χ1n) is 10.3. The molecule has 7 atom stereocenters. The second kappa shape index (κ2) is 5.45. The van der Waals surface area contributed by atoms with Crippen molar-refractivity contribution in [2.75, 3.05) is 0 Å². The van der Waals surface area contributed by atoms with Crippen LogP contribution in [0.4, 0.5) is 0 Å². The molecule has 25 heavy (non-hydrogen) atoms. The van der Waals surface area contributed by atoms with Gasteiger partial charge in [-0.3, -0.25) is 0 Å². The summed E-state index contributed by atoms with van der Waals surface area (Å²) in [7, 11) is 0. The predicted molar refractivity (Wildman–Crippen MR) is 102 cm³/mol. The maximum absolute atomic E-state index is 11.4. The van der Waals surface area contributed by atoms with Crippen LogP contribution < -0.4 is 0 Å². The van der Waals surface area contributed by atoms with Crippen molar-refractivity contribution in [1.82, 2.24) is 0 Å². The number of hydrogen-bond donors (Lipinski definition) is 2. The average molecular weight is 345 g/mol. The summed E-state index contributed by atoms with van der Waals surface area (Å²) >= 11 is 0. The van der Waals surface area contributed by atoms with Gasteiger partial charge in [0.2, 0.25) is 0 Å². The fourth-order valence-electron chi connectivity index (χ4n) is 7.23. The molecule has 140 valence electrons. The molecule has 4 aliphatic rings. The Kier molecular flexibility index (Phi) is 3.88. The van der Waals surface area contributed by atoms with Crippen molar-refractivity contribution >= 4 is 0 Å². The Balaban J connectivity index is 1.73. The van der Waals surface area contributed by atoms with E-state index >= 15 is 0 Å². The van der Waals surface area contributed by atoms with Gasteiger partial charge in [-0.1, -0.05) is 57.9 Å². The van der Waals surface area contributed by atoms with Gasteiger partial charge >= 0.3 is 0 Å². The molecule has 3 unspecified atom stereocenters. The third-order valence-corrected chi connectivity index (χ3v) is 8.64. The van der Waals surface area contributed by atoms with Crippen molar-refractivity contribution in [2.24, 2.45) is 34.0 Å².